The van der Waals surface area contributed by atoms with Gasteiger partial charge in [-0.25, -0.2) is 0 Å². The van der Waals surface area contributed by atoms with E-state index >= 15 is 0 Å². The number of carboxylic acids is 1. The topological polar surface area (TPSA) is 66.4 Å². The molecule has 0 bridgehead atoms. The zero-order valence-corrected chi connectivity index (χ0v) is 11.8. The minimum Gasteiger partial charge on any atom is -0.481 e. The lowest BCUT2D eigenvalue weighted by molar-refractivity contribution is -0.154. The fraction of sp³-hybridized carbons (Fsp3) is 0.867. The molecule has 1 unspecified atom stereocenters. The van der Waals surface area contributed by atoms with Crippen molar-refractivity contribution < 1.29 is 14.7 Å². The average Bonchev–Trinajstić information content (AvgIpc) is 3.13. The summed E-state index contributed by atoms with van der Waals surface area (Å²) in [7, 11) is 0. The molecule has 4 nitrogen and oxygen atoms in total. The van der Waals surface area contributed by atoms with Crippen LogP contribution >= 0.6 is 0 Å². The molecule has 108 valence electrons. The number of carbonyl (C=O) groups is 2. The summed E-state index contributed by atoms with van der Waals surface area (Å²) >= 11 is 0. The summed E-state index contributed by atoms with van der Waals surface area (Å²) in [5.74, 6) is -0.104. The molecule has 2 rings (SSSR count). The standard InChI is InChI=1S/C15H25NO3/c1-11(9-12-5-6-12)16-13(17)10-15(14(18)19)7-3-2-4-8-15/h11-12H,2-10H2,1H3,(H,16,17)(H,18,19). The third-order valence-electron chi connectivity index (χ3n) is 4.55. The number of hydrogen-bond donors (Lipinski definition) is 2. The van der Waals surface area contributed by atoms with E-state index < -0.39 is 11.4 Å². The van der Waals surface area contributed by atoms with Crippen LogP contribution in [0.25, 0.3) is 0 Å². The van der Waals surface area contributed by atoms with Crippen molar-refractivity contribution in [1.29, 1.82) is 0 Å². The Hall–Kier alpha value is -1.06. The first-order valence-corrected chi connectivity index (χ1v) is 7.55. The summed E-state index contributed by atoms with van der Waals surface area (Å²) in [6.45, 7) is 2.02. The predicted octanol–water partition coefficient (Wildman–Crippen LogP) is 2.72. The van der Waals surface area contributed by atoms with Crippen LogP contribution in [0, 0.1) is 11.3 Å². The van der Waals surface area contributed by atoms with Crippen molar-refractivity contribution in [2.45, 2.75) is 70.8 Å². The molecule has 1 atom stereocenters. The Morgan fingerprint density at radius 2 is 1.89 bits per heavy atom. The number of carboxylic acid groups (broad SMARTS) is 1. The minimum atomic E-state index is -0.804. The van der Waals surface area contributed by atoms with E-state index in [2.05, 4.69) is 5.32 Å². The minimum absolute atomic E-state index is 0.0857. The SMILES string of the molecule is CC(CC1CC1)NC(=O)CC1(C(=O)O)CCCCC1. The van der Waals surface area contributed by atoms with Crippen LogP contribution in [0.15, 0.2) is 0 Å². The second-order valence-electron chi connectivity index (χ2n) is 6.47. The molecule has 2 aliphatic rings. The quantitative estimate of drug-likeness (QED) is 0.777. The van der Waals surface area contributed by atoms with Crippen LogP contribution in [0.2, 0.25) is 0 Å². The normalized spacial score (nSPS) is 23.6. The van der Waals surface area contributed by atoms with Gasteiger partial charge in [0.2, 0.25) is 5.91 Å². The van der Waals surface area contributed by atoms with Gasteiger partial charge in [0, 0.05) is 12.5 Å². The molecule has 1 amide bonds. The molecule has 0 heterocycles. The van der Waals surface area contributed by atoms with Crippen LogP contribution in [-0.4, -0.2) is 23.0 Å². The highest BCUT2D eigenvalue weighted by Crippen LogP contribution is 2.39. The lowest BCUT2D eigenvalue weighted by atomic mass is 9.71. The molecule has 0 aliphatic heterocycles. The van der Waals surface area contributed by atoms with E-state index in [0.717, 1.165) is 31.6 Å². The number of hydrogen-bond acceptors (Lipinski definition) is 2. The summed E-state index contributed by atoms with van der Waals surface area (Å²) in [4.78, 5) is 23.6. The third-order valence-corrected chi connectivity index (χ3v) is 4.55. The van der Waals surface area contributed by atoms with Gasteiger partial charge < -0.3 is 10.4 Å². The molecule has 19 heavy (non-hydrogen) atoms. The largest absolute Gasteiger partial charge is 0.481 e. The van der Waals surface area contributed by atoms with Crippen LogP contribution < -0.4 is 5.32 Å². The predicted molar refractivity (Wildman–Crippen MR) is 72.7 cm³/mol. The number of rotatable bonds is 6. The molecule has 0 aromatic heterocycles. The zero-order valence-electron chi connectivity index (χ0n) is 11.8. The monoisotopic (exact) mass is 267 g/mol. The lowest BCUT2D eigenvalue weighted by Crippen LogP contribution is -2.41. The first-order valence-electron chi connectivity index (χ1n) is 7.55. The number of nitrogens with one attached hydrogen (secondary N) is 1. The van der Waals surface area contributed by atoms with Gasteiger partial charge >= 0.3 is 5.97 Å². The van der Waals surface area contributed by atoms with E-state index in [9.17, 15) is 14.7 Å². The third kappa shape index (κ3) is 3.95. The number of aliphatic carboxylic acids is 1. The maximum Gasteiger partial charge on any atom is 0.310 e. The van der Waals surface area contributed by atoms with Crippen molar-refractivity contribution >= 4 is 11.9 Å². The van der Waals surface area contributed by atoms with Crippen LogP contribution in [0.4, 0.5) is 0 Å². The molecule has 4 heteroatoms. The Labute approximate surface area is 115 Å². The van der Waals surface area contributed by atoms with Crippen molar-refractivity contribution in [3.8, 4) is 0 Å². The highest BCUT2D eigenvalue weighted by molar-refractivity contribution is 5.85. The first kappa shape index (κ1) is 14.4. The maximum absolute atomic E-state index is 12.1. The van der Waals surface area contributed by atoms with Gasteiger partial charge in [-0.05, 0) is 32.1 Å². The molecular formula is C15H25NO3. The van der Waals surface area contributed by atoms with Gasteiger partial charge in [-0.2, -0.15) is 0 Å². The van der Waals surface area contributed by atoms with Gasteiger partial charge in [-0.15, -0.1) is 0 Å². The fourth-order valence-electron chi connectivity index (χ4n) is 3.24. The van der Waals surface area contributed by atoms with Crippen molar-refractivity contribution in [1.82, 2.24) is 5.32 Å². The van der Waals surface area contributed by atoms with E-state index in [4.69, 9.17) is 0 Å². The Kier molecular flexibility index (Phi) is 4.48. The second-order valence-corrected chi connectivity index (χ2v) is 6.47. The van der Waals surface area contributed by atoms with Crippen LogP contribution in [0.1, 0.15) is 64.7 Å². The Morgan fingerprint density at radius 1 is 1.26 bits per heavy atom. The second kappa shape index (κ2) is 5.93. The molecule has 0 radical (unpaired) electrons. The summed E-state index contributed by atoms with van der Waals surface area (Å²) in [6.07, 6.45) is 7.98. The molecule has 0 spiro atoms. The van der Waals surface area contributed by atoms with Gasteiger partial charge in [0.1, 0.15) is 0 Å². The molecule has 2 aliphatic carbocycles. The van der Waals surface area contributed by atoms with Crippen molar-refractivity contribution in [2.24, 2.45) is 11.3 Å². The fourth-order valence-corrected chi connectivity index (χ4v) is 3.24. The molecule has 0 aromatic rings. The lowest BCUT2D eigenvalue weighted by Gasteiger charge is -2.32. The van der Waals surface area contributed by atoms with Crippen molar-refractivity contribution in [3.05, 3.63) is 0 Å². The van der Waals surface area contributed by atoms with E-state index in [1.807, 2.05) is 6.92 Å². The van der Waals surface area contributed by atoms with Gasteiger partial charge in [0.05, 0.1) is 5.41 Å². The van der Waals surface area contributed by atoms with E-state index in [0.29, 0.717) is 12.8 Å². The Morgan fingerprint density at radius 3 is 2.42 bits per heavy atom. The molecule has 2 N–H and O–H groups in total. The van der Waals surface area contributed by atoms with Crippen LogP contribution in [0.3, 0.4) is 0 Å². The number of carbonyl (C=O) groups excluding carboxylic acids is 1. The van der Waals surface area contributed by atoms with Gasteiger partial charge in [0.25, 0.3) is 0 Å². The summed E-state index contributed by atoms with van der Waals surface area (Å²) in [5.41, 5.74) is -0.804. The van der Waals surface area contributed by atoms with Gasteiger partial charge in [-0.1, -0.05) is 32.1 Å². The number of amides is 1. The van der Waals surface area contributed by atoms with E-state index in [-0.39, 0.29) is 18.4 Å². The molecule has 2 saturated carbocycles. The zero-order chi connectivity index (χ0) is 13.9. The average molecular weight is 267 g/mol. The highest BCUT2D eigenvalue weighted by Gasteiger charge is 2.41. The smallest absolute Gasteiger partial charge is 0.310 e. The molecule has 2 fully saturated rings. The van der Waals surface area contributed by atoms with Crippen molar-refractivity contribution in [2.75, 3.05) is 0 Å². The summed E-state index contributed by atoms with van der Waals surface area (Å²) < 4.78 is 0. The van der Waals surface area contributed by atoms with E-state index in [1.165, 1.54) is 12.8 Å². The molecular weight excluding hydrogens is 242 g/mol. The Bertz CT molecular complexity index is 343. The highest BCUT2D eigenvalue weighted by atomic mass is 16.4. The van der Waals surface area contributed by atoms with Crippen molar-refractivity contribution in [3.63, 3.8) is 0 Å². The molecule has 0 saturated heterocycles. The van der Waals surface area contributed by atoms with Gasteiger partial charge in [-0.3, -0.25) is 9.59 Å². The first-order chi connectivity index (χ1) is 9.02. The van der Waals surface area contributed by atoms with Crippen LogP contribution in [-0.2, 0) is 9.59 Å². The van der Waals surface area contributed by atoms with Gasteiger partial charge in [0.15, 0.2) is 0 Å². The molecule has 0 aromatic carbocycles. The maximum atomic E-state index is 12.1. The summed E-state index contributed by atoms with van der Waals surface area (Å²) in [6, 6.07) is 0.175. The van der Waals surface area contributed by atoms with Crippen LogP contribution in [0.5, 0.6) is 0 Å². The summed E-state index contributed by atoms with van der Waals surface area (Å²) in [5, 5.41) is 12.4. The van der Waals surface area contributed by atoms with E-state index in [1.54, 1.807) is 0 Å². The Balaban J connectivity index is 1.85.